The number of rotatable bonds is 3. The fourth-order valence-electron chi connectivity index (χ4n) is 1.37. The molecule has 0 aromatic heterocycles. The van der Waals surface area contributed by atoms with Gasteiger partial charge in [-0.15, -0.1) is 0 Å². The zero-order valence-electron chi connectivity index (χ0n) is 8.62. The number of likely N-dealkylation sites (tertiary alicyclic amines) is 1. The van der Waals surface area contributed by atoms with Crippen LogP contribution in [0.4, 0.5) is 0 Å². The normalized spacial score (nSPS) is 17.1. The Labute approximate surface area is 88.4 Å². The van der Waals surface area contributed by atoms with Gasteiger partial charge in [0.2, 0.25) is 11.8 Å². The Balaban J connectivity index is 2.65. The average molecular weight is 207 g/mol. The number of amides is 2. The maximum Gasteiger partial charge on any atom is 0.248 e. The SMILES string of the molecule is C=C(C)C(=O)NC(C#N)N1CCCC1=O. The van der Waals surface area contributed by atoms with E-state index in [0.29, 0.717) is 18.5 Å². The summed E-state index contributed by atoms with van der Waals surface area (Å²) in [4.78, 5) is 24.0. The van der Waals surface area contributed by atoms with Crippen molar-refractivity contribution in [1.29, 1.82) is 5.26 Å². The minimum Gasteiger partial charge on any atom is -0.320 e. The molecule has 1 N–H and O–H groups in total. The van der Waals surface area contributed by atoms with Crippen molar-refractivity contribution in [3.05, 3.63) is 12.2 Å². The van der Waals surface area contributed by atoms with Crippen molar-refractivity contribution in [3.8, 4) is 6.07 Å². The first-order chi connectivity index (χ1) is 7.06. The first-order valence-electron chi connectivity index (χ1n) is 4.71. The van der Waals surface area contributed by atoms with Crippen LogP contribution in [-0.4, -0.2) is 29.4 Å². The van der Waals surface area contributed by atoms with Gasteiger partial charge < -0.3 is 10.2 Å². The molecule has 0 aromatic rings. The summed E-state index contributed by atoms with van der Waals surface area (Å²) in [7, 11) is 0. The quantitative estimate of drug-likeness (QED) is 0.669. The number of carbonyl (C=O) groups is 2. The summed E-state index contributed by atoms with van der Waals surface area (Å²) in [6, 6.07) is 1.89. The van der Waals surface area contributed by atoms with Gasteiger partial charge >= 0.3 is 0 Å². The first kappa shape index (κ1) is 11.2. The third-order valence-corrected chi connectivity index (χ3v) is 2.20. The van der Waals surface area contributed by atoms with E-state index in [1.54, 1.807) is 6.92 Å². The third kappa shape index (κ3) is 2.56. The summed E-state index contributed by atoms with van der Waals surface area (Å²) < 4.78 is 0. The molecular formula is C10H13N3O2. The third-order valence-electron chi connectivity index (χ3n) is 2.20. The van der Waals surface area contributed by atoms with Gasteiger partial charge in [-0.05, 0) is 13.3 Å². The summed E-state index contributed by atoms with van der Waals surface area (Å²) in [5.74, 6) is -0.496. The second kappa shape index (κ2) is 4.60. The first-order valence-corrected chi connectivity index (χ1v) is 4.71. The highest BCUT2D eigenvalue weighted by Crippen LogP contribution is 2.12. The fourth-order valence-corrected chi connectivity index (χ4v) is 1.37. The Morgan fingerprint density at radius 3 is 2.80 bits per heavy atom. The van der Waals surface area contributed by atoms with E-state index in [-0.39, 0.29) is 5.91 Å². The molecule has 1 aliphatic rings. The van der Waals surface area contributed by atoms with Crippen LogP contribution in [0.3, 0.4) is 0 Å². The van der Waals surface area contributed by atoms with Crippen LogP contribution in [0, 0.1) is 11.3 Å². The van der Waals surface area contributed by atoms with Crippen molar-refractivity contribution in [2.24, 2.45) is 0 Å². The Morgan fingerprint density at radius 2 is 2.40 bits per heavy atom. The highest BCUT2D eigenvalue weighted by atomic mass is 16.2. The summed E-state index contributed by atoms with van der Waals surface area (Å²) in [5.41, 5.74) is 0.321. The van der Waals surface area contributed by atoms with E-state index in [1.807, 2.05) is 6.07 Å². The number of hydrogen-bond donors (Lipinski definition) is 1. The van der Waals surface area contributed by atoms with Crippen LogP contribution in [0.15, 0.2) is 12.2 Å². The maximum atomic E-state index is 11.3. The molecule has 0 aliphatic carbocycles. The maximum absolute atomic E-state index is 11.3. The number of nitrogens with one attached hydrogen (secondary N) is 1. The molecule has 0 saturated carbocycles. The number of nitriles is 1. The summed E-state index contributed by atoms with van der Waals surface area (Å²) in [6.45, 7) is 5.54. The van der Waals surface area contributed by atoms with Crippen LogP contribution in [0.25, 0.3) is 0 Å². The lowest BCUT2D eigenvalue weighted by Crippen LogP contribution is -2.48. The van der Waals surface area contributed by atoms with Crippen LogP contribution >= 0.6 is 0 Å². The monoisotopic (exact) mass is 207 g/mol. The van der Waals surface area contributed by atoms with E-state index in [9.17, 15) is 9.59 Å². The molecule has 15 heavy (non-hydrogen) atoms. The lowest BCUT2D eigenvalue weighted by atomic mass is 10.3. The molecule has 1 heterocycles. The van der Waals surface area contributed by atoms with Crippen molar-refractivity contribution in [2.75, 3.05) is 6.54 Å². The Morgan fingerprint density at radius 1 is 1.73 bits per heavy atom. The highest BCUT2D eigenvalue weighted by Gasteiger charge is 2.28. The van der Waals surface area contributed by atoms with E-state index in [1.165, 1.54) is 4.90 Å². The van der Waals surface area contributed by atoms with Gasteiger partial charge in [-0.3, -0.25) is 9.59 Å². The van der Waals surface area contributed by atoms with Crippen LogP contribution in [0.2, 0.25) is 0 Å². The second-order valence-corrected chi connectivity index (χ2v) is 3.48. The van der Waals surface area contributed by atoms with E-state index in [2.05, 4.69) is 11.9 Å². The van der Waals surface area contributed by atoms with Gasteiger partial charge in [-0.25, -0.2) is 0 Å². The molecule has 1 saturated heterocycles. The van der Waals surface area contributed by atoms with E-state index >= 15 is 0 Å². The Kier molecular flexibility index (Phi) is 3.45. The molecule has 1 aliphatic heterocycles. The second-order valence-electron chi connectivity index (χ2n) is 3.48. The minimum absolute atomic E-state index is 0.0939. The summed E-state index contributed by atoms with van der Waals surface area (Å²) >= 11 is 0. The van der Waals surface area contributed by atoms with Crippen molar-refractivity contribution in [2.45, 2.75) is 25.9 Å². The van der Waals surface area contributed by atoms with E-state index in [0.717, 1.165) is 6.42 Å². The molecule has 2 amide bonds. The van der Waals surface area contributed by atoms with Crippen molar-refractivity contribution >= 4 is 11.8 Å². The fraction of sp³-hybridized carbons (Fsp3) is 0.500. The lowest BCUT2D eigenvalue weighted by Gasteiger charge is -2.22. The molecule has 0 aromatic carbocycles. The standard InChI is InChI=1S/C10H13N3O2/c1-7(2)10(15)12-8(6-11)13-5-3-4-9(13)14/h8H,1,3-5H2,2H3,(H,12,15). The zero-order chi connectivity index (χ0) is 11.4. The molecule has 5 nitrogen and oxygen atoms in total. The van der Waals surface area contributed by atoms with Gasteiger partial charge in [0.05, 0.1) is 0 Å². The van der Waals surface area contributed by atoms with Gasteiger partial charge in [0.25, 0.3) is 0 Å². The number of carbonyl (C=O) groups excluding carboxylic acids is 2. The Bertz CT molecular complexity index is 343. The largest absolute Gasteiger partial charge is 0.320 e. The smallest absolute Gasteiger partial charge is 0.248 e. The predicted molar refractivity (Wildman–Crippen MR) is 53.3 cm³/mol. The molecular weight excluding hydrogens is 194 g/mol. The topological polar surface area (TPSA) is 73.2 Å². The van der Waals surface area contributed by atoms with Crippen molar-refractivity contribution in [3.63, 3.8) is 0 Å². The van der Waals surface area contributed by atoms with E-state index < -0.39 is 12.1 Å². The molecule has 5 heteroatoms. The number of hydrogen-bond acceptors (Lipinski definition) is 3. The van der Waals surface area contributed by atoms with Crippen LogP contribution in [0.1, 0.15) is 19.8 Å². The van der Waals surface area contributed by atoms with Gasteiger partial charge in [0, 0.05) is 18.5 Å². The highest BCUT2D eigenvalue weighted by molar-refractivity contribution is 5.92. The number of nitrogens with zero attached hydrogens (tertiary/aromatic N) is 2. The van der Waals surface area contributed by atoms with Gasteiger partial charge in [0.1, 0.15) is 6.07 Å². The molecule has 1 unspecified atom stereocenters. The molecule has 0 bridgehead atoms. The molecule has 1 rings (SSSR count). The zero-order valence-corrected chi connectivity index (χ0v) is 8.62. The summed E-state index contributed by atoms with van der Waals surface area (Å²) in [6.07, 6.45) is 0.311. The van der Waals surface area contributed by atoms with Crippen LogP contribution < -0.4 is 5.32 Å². The molecule has 80 valence electrons. The van der Waals surface area contributed by atoms with Crippen LogP contribution in [0.5, 0.6) is 0 Å². The predicted octanol–water partition coefficient (Wildman–Crippen LogP) is 0.151. The average Bonchev–Trinajstić information content (AvgIpc) is 2.60. The molecule has 0 radical (unpaired) electrons. The lowest BCUT2D eigenvalue weighted by molar-refractivity contribution is -0.130. The van der Waals surface area contributed by atoms with E-state index in [4.69, 9.17) is 5.26 Å². The Hall–Kier alpha value is -1.83. The van der Waals surface area contributed by atoms with Gasteiger partial charge in [-0.1, -0.05) is 6.58 Å². The molecule has 0 spiro atoms. The van der Waals surface area contributed by atoms with Crippen molar-refractivity contribution < 1.29 is 9.59 Å². The molecule has 1 atom stereocenters. The van der Waals surface area contributed by atoms with Gasteiger partial charge in [0.15, 0.2) is 6.17 Å². The molecule has 1 fully saturated rings. The summed E-state index contributed by atoms with van der Waals surface area (Å²) in [5, 5.41) is 11.3. The minimum atomic E-state index is -0.871. The van der Waals surface area contributed by atoms with Gasteiger partial charge in [-0.2, -0.15) is 5.26 Å². The van der Waals surface area contributed by atoms with Crippen molar-refractivity contribution in [1.82, 2.24) is 10.2 Å². The van der Waals surface area contributed by atoms with Crippen LogP contribution in [-0.2, 0) is 9.59 Å².